The third-order valence-electron chi connectivity index (χ3n) is 2.59. The highest BCUT2D eigenvalue weighted by Crippen LogP contribution is 2.35. The summed E-state index contributed by atoms with van der Waals surface area (Å²) in [5.74, 6) is 0.660. The molecule has 0 aliphatic carbocycles. The molecule has 0 radical (unpaired) electrons. The average Bonchev–Trinajstić information content (AvgIpc) is 2.16. The van der Waals surface area contributed by atoms with Crippen molar-refractivity contribution in [2.75, 3.05) is 0 Å². The van der Waals surface area contributed by atoms with Gasteiger partial charge in [0.15, 0.2) is 0 Å². The molecular formula is C9H18N2. The zero-order valence-corrected chi connectivity index (χ0v) is 7.96. The normalized spacial score (nSPS) is 34.5. The molecule has 0 aromatic carbocycles. The van der Waals surface area contributed by atoms with Gasteiger partial charge in [-0.2, -0.15) is 10.2 Å². The molecule has 64 valence electrons. The van der Waals surface area contributed by atoms with Crippen LogP contribution in [0, 0.1) is 5.92 Å². The molecule has 0 aromatic rings. The molecule has 2 nitrogen and oxygen atoms in total. The molecule has 11 heavy (non-hydrogen) atoms. The molecule has 1 aliphatic rings. The first-order valence-electron chi connectivity index (χ1n) is 4.50. The maximum absolute atomic E-state index is 4.27. The van der Waals surface area contributed by atoms with Crippen molar-refractivity contribution in [2.45, 2.75) is 52.1 Å². The Morgan fingerprint density at radius 3 is 2.36 bits per heavy atom. The van der Waals surface area contributed by atoms with E-state index in [0.29, 0.717) is 12.0 Å². The summed E-state index contributed by atoms with van der Waals surface area (Å²) in [5.41, 5.74) is 0.0927. The lowest BCUT2D eigenvalue weighted by Gasteiger charge is -2.24. The standard InChI is InChI=1S/C9H18N2/c1-5-6-8-7(2)10-11-9(8,3)4/h7-8H,5-6H2,1-4H3. The highest BCUT2D eigenvalue weighted by Gasteiger charge is 2.37. The molecule has 2 unspecified atom stereocenters. The van der Waals surface area contributed by atoms with Crippen molar-refractivity contribution in [3.8, 4) is 0 Å². The van der Waals surface area contributed by atoms with Crippen LogP contribution in [0.5, 0.6) is 0 Å². The van der Waals surface area contributed by atoms with Gasteiger partial charge in [-0.25, -0.2) is 0 Å². The first-order chi connectivity index (χ1) is 5.08. The van der Waals surface area contributed by atoms with E-state index in [4.69, 9.17) is 0 Å². The van der Waals surface area contributed by atoms with Gasteiger partial charge in [0.1, 0.15) is 0 Å². The van der Waals surface area contributed by atoms with E-state index < -0.39 is 0 Å². The van der Waals surface area contributed by atoms with E-state index in [1.807, 2.05) is 0 Å². The number of rotatable bonds is 2. The Morgan fingerprint density at radius 2 is 2.00 bits per heavy atom. The predicted octanol–water partition coefficient (Wildman–Crippen LogP) is 3.04. The van der Waals surface area contributed by atoms with Crippen molar-refractivity contribution < 1.29 is 0 Å². The second-order valence-corrected chi connectivity index (χ2v) is 4.00. The lowest BCUT2D eigenvalue weighted by molar-refractivity contribution is 0.313. The number of hydrogen-bond donors (Lipinski definition) is 0. The molecule has 2 atom stereocenters. The molecule has 1 rings (SSSR count). The van der Waals surface area contributed by atoms with Crippen LogP contribution < -0.4 is 0 Å². The average molecular weight is 154 g/mol. The van der Waals surface area contributed by atoms with Crippen LogP contribution in [0.25, 0.3) is 0 Å². The van der Waals surface area contributed by atoms with Crippen LogP contribution in [-0.2, 0) is 0 Å². The summed E-state index contributed by atoms with van der Waals surface area (Å²) in [6.07, 6.45) is 2.49. The van der Waals surface area contributed by atoms with Crippen molar-refractivity contribution in [1.29, 1.82) is 0 Å². The summed E-state index contributed by atoms with van der Waals surface area (Å²) in [6.45, 7) is 8.75. The van der Waals surface area contributed by atoms with Gasteiger partial charge >= 0.3 is 0 Å². The fraction of sp³-hybridized carbons (Fsp3) is 1.00. The minimum atomic E-state index is 0.0927. The van der Waals surface area contributed by atoms with E-state index in [-0.39, 0.29) is 5.54 Å². The molecule has 2 heteroatoms. The molecule has 0 spiro atoms. The topological polar surface area (TPSA) is 24.7 Å². The van der Waals surface area contributed by atoms with Crippen LogP contribution in [0.15, 0.2) is 10.2 Å². The van der Waals surface area contributed by atoms with E-state index in [9.17, 15) is 0 Å². The molecule has 0 saturated heterocycles. The first kappa shape index (κ1) is 8.69. The van der Waals surface area contributed by atoms with Crippen LogP contribution >= 0.6 is 0 Å². The molecule has 0 saturated carbocycles. The molecule has 1 aliphatic heterocycles. The van der Waals surface area contributed by atoms with Gasteiger partial charge in [-0.3, -0.25) is 0 Å². The van der Waals surface area contributed by atoms with Crippen molar-refractivity contribution in [3.63, 3.8) is 0 Å². The molecule has 0 bridgehead atoms. The Labute approximate surface area is 69.1 Å². The fourth-order valence-corrected chi connectivity index (χ4v) is 1.89. The lowest BCUT2D eigenvalue weighted by Crippen LogP contribution is -2.30. The number of hydrogen-bond acceptors (Lipinski definition) is 2. The minimum absolute atomic E-state index is 0.0927. The van der Waals surface area contributed by atoms with Gasteiger partial charge in [-0.1, -0.05) is 13.3 Å². The van der Waals surface area contributed by atoms with Gasteiger partial charge in [0.2, 0.25) is 0 Å². The van der Waals surface area contributed by atoms with Gasteiger partial charge in [0.05, 0.1) is 11.6 Å². The van der Waals surface area contributed by atoms with Crippen molar-refractivity contribution in [3.05, 3.63) is 0 Å². The summed E-state index contributed by atoms with van der Waals surface area (Å²) in [4.78, 5) is 0. The second kappa shape index (κ2) is 2.92. The molecule has 0 N–H and O–H groups in total. The summed E-state index contributed by atoms with van der Waals surface area (Å²) in [6, 6.07) is 0.435. The lowest BCUT2D eigenvalue weighted by atomic mass is 9.82. The van der Waals surface area contributed by atoms with Gasteiger partial charge in [-0.05, 0) is 27.2 Å². The van der Waals surface area contributed by atoms with Crippen LogP contribution in [-0.4, -0.2) is 11.6 Å². The maximum atomic E-state index is 4.27. The summed E-state index contributed by atoms with van der Waals surface area (Å²) in [7, 11) is 0. The highest BCUT2D eigenvalue weighted by atomic mass is 15.2. The van der Waals surface area contributed by atoms with E-state index in [2.05, 4.69) is 37.9 Å². The Balaban J connectivity index is 2.63. The van der Waals surface area contributed by atoms with Crippen LogP contribution in [0.4, 0.5) is 0 Å². The molecular weight excluding hydrogens is 136 g/mol. The summed E-state index contributed by atoms with van der Waals surface area (Å²) < 4.78 is 0. The smallest absolute Gasteiger partial charge is 0.0809 e. The Hall–Kier alpha value is -0.400. The van der Waals surface area contributed by atoms with Gasteiger partial charge in [0.25, 0.3) is 0 Å². The van der Waals surface area contributed by atoms with Gasteiger partial charge in [-0.15, -0.1) is 0 Å². The molecule has 0 amide bonds. The van der Waals surface area contributed by atoms with Crippen molar-refractivity contribution in [2.24, 2.45) is 16.1 Å². The number of azo groups is 1. The maximum Gasteiger partial charge on any atom is 0.0809 e. The molecule has 0 fully saturated rings. The third-order valence-corrected chi connectivity index (χ3v) is 2.59. The SMILES string of the molecule is CCCC1C(C)N=NC1(C)C. The van der Waals surface area contributed by atoms with Crippen LogP contribution in [0.2, 0.25) is 0 Å². The Bertz CT molecular complexity index is 161. The molecule has 1 heterocycles. The highest BCUT2D eigenvalue weighted by molar-refractivity contribution is 4.94. The zero-order chi connectivity index (χ0) is 8.48. The van der Waals surface area contributed by atoms with Crippen LogP contribution in [0.3, 0.4) is 0 Å². The van der Waals surface area contributed by atoms with Crippen LogP contribution in [0.1, 0.15) is 40.5 Å². The third kappa shape index (κ3) is 1.60. The van der Waals surface area contributed by atoms with E-state index in [1.54, 1.807) is 0 Å². The monoisotopic (exact) mass is 154 g/mol. The minimum Gasteiger partial charge on any atom is -0.190 e. The quantitative estimate of drug-likeness (QED) is 0.584. The van der Waals surface area contributed by atoms with Gasteiger partial charge in [0, 0.05) is 5.92 Å². The van der Waals surface area contributed by atoms with E-state index in [1.165, 1.54) is 12.8 Å². The zero-order valence-electron chi connectivity index (χ0n) is 7.96. The summed E-state index contributed by atoms with van der Waals surface area (Å²) >= 11 is 0. The second-order valence-electron chi connectivity index (χ2n) is 4.00. The fourth-order valence-electron chi connectivity index (χ4n) is 1.89. The summed E-state index contributed by atoms with van der Waals surface area (Å²) in [5, 5.41) is 8.49. The van der Waals surface area contributed by atoms with E-state index in [0.717, 1.165) is 0 Å². The first-order valence-corrected chi connectivity index (χ1v) is 4.50. The largest absolute Gasteiger partial charge is 0.190 e. The number of nitrogens with zero attached hydrogens (tertiary/aromatic N) is 2. The van der Waals surface area contributed by atoms with E-state index >= 15 is 0 Å². The van der Waals surface area contributed by atoms with Crippen molar-refractivity contribution >= 4 is 0 Å². The van der Waals surface area contributed by atoms with Gasteiger partial charge < -0.3 is 0 Å². The Kier molecular flexibility index (Phi) is 2.31. The molecule has 0 aromatic heterocycles. The van der Waals surface area contributed by atoms with Crippen molar-refractivity contribution in [1.82, 2.24) is 0 Å². The predicted molar refractivity (Wildman–Crippen MR) is 46.8 cm³/mol. The Morgan fingerprint density at radius 1 is 1.36 bits per heavy atom.